The summed E-state index contributed by atoms with van der Waals surface area (Å²) in [5.74, 6) is -0.00764. The minimum atomic E-state index is -0.00764. The third-order valence-corrected chi connectivity index (χ3v) is 3.34. The molecule has 3 nitrogen and oxygen atoms in total. The van der Waals surface area contributed by atoms with Gasteiger partial charge >= 0.3 is 0 Å². The Morgan fingerprint density at radius 1 is 1.28 bits per heavy atom. The van der Waals surface area contributed by atoms with Crippen LogP contribution in [0.1, 0.15) is 15.9 Å². The van der Waals surface area contributed by atoms with Crippen molar-refractivity contribution < 1.29 is 4.79 Å². The minimum absolute atomic E-state index is 0.00764. The summed E-state index contributed by atoms with van der Waals surface area (Å²) in [5, 5.41) is 0.593. The topological polar surface area (TPSA) is 33.2 Å². The van der Waals surface area contributed by atoms with Crippen LogP contribution >= 0.6 is 11.6 Å². The van der Waals surface area contributed by atoms with E-state index in [-0.39, 0.29) is 5.91 Å². The van der Waals surface area contributed by atoms with Crippen molar-refractivity contribution >= 4 is 23.2 Å². The first-order chi connectivity index (χ1) is 8.75. The van der Waals surface area contributed by atoms with E-state index in [4.69, 9.17) is 11.6 Å². The van der Waals surface area contributed by atoms with Crippen LogP contribution in [0, 0.1) is 0 Å². The van der Waals surface area contributed by atoms with E-state index in [2.05, 4.69) is 4.98 Å². The molecule has 90 valence electrons. The number of nitrogens with zero attached hydrogens (tertiary/aromatic N) is 2. The van der Waals surface area contributed by atoms with E-state index in [0.717, 1.165) is 17.7 Å². The summed E-state index contributed by atoms with van der Waals surface area (Å²) in [6.45, 7) is 0.680. The molecule has 3 rings (SSSR count). The molecule has 0 aliphatic carbocycles. The minimum Gasteiger partial charge on any atom is -0.306 e. The van der Waals surface area contributed by atoms with Gasteiger partial charge in [-0.25, -0.2) is 0 Å². The molecule has 1 aliphatic rings. The predicted octanol–water partition coefficient (Wildman–Crippen LogP) is 2.94. The lowest BCUT2D eigenvalue weighted by molar-refractivity contribution is 0.0980. The fourth-order valence-corrected chi connectivity index (χ4v) is 2.38. The van der Waals surface area contributed by atoms with Gasteiger partial charge in [0.25, 0.3) is 5.91 Å². The highest BCUT2D eigenvalue weighted by atomic mass is 35.5. The van der Waals surface area contributed by atoms with E-state index in [1.54, 1.807) is 23.4 Å². The van der Waals surface area contributed by atoms with Crippen molar-refractivity contribution in [1.82, 2.24) is 4.98 Å². The summed E-state index contributed by atoms with van der Waals surface area (Å²) >= 11 is 5.95. The molecule has 0 atom stereocenters. The van der Waals surface area contributed by atoms with Gasteiger partial charge in [0.15, 0.2) is 0 Å². The van der Waals surface area contributed by atoms with Crippen LogP contribution in [0.15, 0.2) is 42.7 Å². The molecule has 0 fully saturated rings. The Kier molecular flexibility index (Phi) is 2.76. The summed E-state index contributed by atoms with van der Waals surface area (Å²) in [7, 11) is 0. The normalized spacial score (nSPS) is 14.5. The maximum Gasteiger partial charge on any atom is 0.258 e. The van der Waals surface area contributed by atoms with Crippen molar-refractivity contribution in [3.8, 4) is 0 Å². The number of benzene rings is 1. The zero-order valence-corrected chi connectivity index (χ0v) is 10.4. The monoisotopic (exact) mass is 258 g/mol. The van der Waals surface area contributed by atoms with Gasteiger partial charge in [-0.2, -0.15) is 0 Å². The molecule has 2 heterocycles. The number of aromatic nitrogens is 1. The zero-order valence-electron chi connectivity index (χ0n) is 9.64. The Morgan fingerprint density at radius 3 is 2.94 bits per heavy atom. The number of hydrogen-bond donors (Lipinski definition) is 0. The number of halogens is 1. The lowest BCUT2D eigenvalue weighted by Gasteiger charge is -2.28. The first-order valence-corrected chi connectivity index (χ1v) is 6.14. The van der Waals surface area contributed by atoms with Gasteiger partial charge in [-0.1, -0.05) is 17.7 Å². The molecule has 0 unspecified atom stereocenters. The Bertz CT molecular complexity index is 598. The van der Waals surface area contributed by atoms with E-state index >= 15 is 0 Å². The third-order valence-electron chi connectivity index (χ3n) is 3.11. The molecule has 4 heteroatoms. The Labute approximate surface area is 110 Å². The van der Waals surface area contributed by atoms with E-state index in [1.165, 1.54) is 0 Å². The van der Waals surface area contributed by atoms with Crippen LogP contribution in [0.5, 0.6) is 0 Å². The van der Waals surface area contributed by atoms with Gasteiger partial charge in [0.05, 0.1) is 11.9 Å². The predicted molar refractivity (Wildman–Crippen MR) is 71.1 cm³/mol. The first kappa shape index (κ1) is 11.2. The zero-order chi connectivity index (χ0) is 12.5. The summed E-state index contributed by atoms with van der Waals surface area (Å²) < 4.78 is 0. The molecule has 0 saturated heterocycles. The molecule has 18 heavy (non-hydrogen) atoms. The van der Waals surface area contributed by atoms with Crippen LogP contribution in [-0.2, 0) is 6.42 Å². The molecular weight excluding hydrogens is 248 g/mol. The van der Waals surface area contributed by atoms with Crippen LogP contribution < -0.4 is 4.90 Å². The van der Waals surface area contributed by atoms with E-state index in [1.807, 2.05) is 24.3 Å². The second-order valence-electron chi connectivity index (χ2n) is 4.22. The van der Waals surface area contributed by atoms with Crippen LogP contribution in [0.3, 0.4) is 0 Å². The number of rotatable bonds is 1. The molecule has 0 saturated carbocycles. The first-order valence-electron chi connectivity index (χ1n) is 5.76. The standard InChI is InChI=1S/C14H11ClN2O/c15-11-4-3-10-5-7-17(14(18)13(10)8-11)12-2-1-6-16-9-12/h1-4,6,8-9H,5,7H2. The number of amides is 1. The smallest absolute Gasteiger partial charge is 0.258 e. The number of fused-ring (bicyclic) bond motifs is 1. The average molecular weight is 259 g/mol. The second kappa shape index (κ2) is 4.42. The Hall–Kier alpha value is -1.87. The second-order valence-corrected chi connectivity index (χ2v) is 4.66. The van der Waals surface area contributed by atoms with Crippen LogP contribution in [0.25, 0.3) is 0 Å². The van der Waals surface area contributed by atoms with Gasteiger partial charge in [-0.05, 0) is 36.2 Å². The van der Waals surface area contributed by atoms with Gasteiger partial charge in [-0.3, -0.25) is 9.78 Å². The van der Waals surface area contributed by atoms with Crippen molar-refractivity contribution in [2.75, 3.05) is 11.4 Å². The summed E-state index contributed by atoms with van der Waals surface area (Å²) in [5.41, 5.74) is 2.58. The fourth-order valence-electron chi connectivity index (χ4n) is 2.20. The molecule has 0 N–H and O–H groups in total. The van der Waals surface area contributed by atoms with Gasteiger partial charge in [0, 0.05) is 23.3 Å². The molecular formula is C14H11ClN2O. The third kappa shape index (κ3) is 1.87. The van der Waals surface area contributed by atoms with E-state index in [9.17, 15) is 4.79 Å². The molecule has 1 aromatic carbocycles. The number of carbonyl (C=O) groups excluding carboxylic acids is 1. The maximum absolute atomic E-state index is 12.4. The van der Waals surface area contributed by atoms with Crippen molar-refractivity contribution in [1.29, 1.82) is 0 Å². The number of anilines is 1. The van der Waals surface area contributed by atoms with Crippen molar-refractivity contribution in [3.05, 3.63) is 58.9 Å². The summed E-state index contributed by atoms with van der Waals surface area (Å²) in [4.78, 5) is 18.2. The van der Waals surface area contributed by atoms with Gasteiger partial charge in [-0.15, -0.1) is 0 Å². The lowest BCUT2D eigenvalue weighted by Crippen LogP contribution is -2.37. The summed E-state index contributed by atoms with van der Waals surface area (Å²) in [6, 6.07) is 9.21. The van der Waals surface area contributed by atoms with Crippen LogP contribution in [0.4, 0.5) is 5.69 Å². The van der Waals surface area contributed by atoms with Crippen LogP contribution in [0.2, 0.25) is 5.02 Å². The highest BCUT2D eigenvalue weighted by Crippen LogP contribution is 2.25. The highest BCUT2D eigenvalue weighted by Gasteiger charge is 2.25. The van der Waals surface area contributed by atoms with Gasteiger partial charge in [0.2, 0.25) is 0 Å². The van der Waals surface area contributed by atoms with Crippen molar-refractivity contribution in [2.45, 2.75) is 6.42 Å². The summed E-state index contributed by atoms with van der Waals surface area (Å²) in [6.07, 6.45) is 4.24. The average Bonchev–Trinajstić information content (AvgIpc) is 2.41. The molecule has 1 aromatic heterocycles. The number of carbonyl (C=O) groups is 1. The molecule has 0 radical (unpaired) electrons. The Morgan fingerprint density at radius 2 is 2.17 bits per heavy atom. The van der Waals surface area contributed by atoms with Gasteiger partial charge in [0.1, 0.15) is 0 Å². The quantitative estimate of drug-likeness (QED) is 0.788. The molecule has 0 spiro atoms. The molecule has 1 aliphatic heterocycles. The molecule has 1 amide bonds. The molecule has 0 bridgehead atoms. The van der Waals surface area contributed by atoms with Crippen molar-refractivity contribution in [2.24, 2.45) is 0 Å². The highest BCUT2D eigenvalue weighted by molar-refractivity contribution is 6.31. The SMILES string of the molecule is O=C1c2cc(Cl)ccc2CCN1c1cccnc1. The fraction of sp³-hybridized carbons (Fsp3) is 0.143. The number of pyridine rings is 1. The Balaban J connectivity index is 2.02. The lowest BCUT2D eigenvalue weighted by atomic mass is 9.99. The van der Waals surface area contributed by atoms with Gasteiger partial charge < -0.3 is 4.90 Å². The van der Waals surface area contributed by atoms with Crippen molar-refractivity contribution in [3.63, 3.8) is 0 Å². The van der Waals surface area contributed by atoms with E-state index < -0.39 is 0 Å². The van der Waals surface area contributed by atoms with E-state index in [0.29, 0.717) is 17.1 Å². The number of hydrogen-bond acceptors (Lipinski definition) is 2. The maximum atomic E-state index is 12.4. The molecule has 2 aromatic rings. The van der Waals surface area contributed by atoms with Crippen LogP contribution in [-0.4, -0.2) is 17.4 Å². The largest absolute Gasteiger partial charge is 0.306 e.